The number of rotatable bonds is 8. The molecule has 1 atom stereocenters. The van der Waals surface area contributed by atoms with E-state index in [2.05, 4.69) is 0 Å². The Balaban J connectivity index is 1.40. The molecule has 1 aromatic carbocycles. The van der Waals surface area contributed by atoms with Gasteiger partial charge in [-0.3, -0.25) is 4.79 Å². The Morgan fingerprint density at radius 1 is 1.18 bits per heavy atom. The number of ether oxygens (including phenoxy) is 1. The number of nitrogens with zero attached hydrogens (tertiary/aromatic N) is 1. The number of carbonyl (C=O) groups is 2. The molecule has 1 amide bonds. The molecule has 6 nitrogen and oxygen atoms in total. The van der Waals surface area contributed by atoms with E-state index < -0.39 is 5.97 Å². The number of hydrogen-bond acceptors (Lipinski definition) is 4. The Morgan fingerprint density at radius 2 is 1.86 bits per heavy atom. The van der Waals surface area contributed by atoms with Crippen LogP contribution in [0.3, 0.4) is 0 Å². The zero-order chi connectivity index (χ0) is 20.1. The molecule has 0 heterocycles. The summed E-state index contributed by atoms with van der Waals surface area (Å²) in [5.74, 6) is 0.360. The third-order valence-corrected chi connectivity index (χ3v) is 6.56. The predicted molar refractivity (Wildman–Crippen MR) is 107 cm³/mol. The molecule has 6 heteroatoms. The van der Waals surface area contributed by atoms with Gasteiger partial charge in [0.05, 0.1) is 12.6 Å². The summed E-state index contributed by atoms with van der Waals surface area (Å²) < 4.78 is 5.72. The lowest BCUT2D eigenvalue weighted by Crippen LogP contribution is -2.52. The van der Waals surface area contributed by atoms with E-state index in [9.17, 15) is 14.7 Å². The number of carbonyl (C=O) groups excluding carboxylic acids is 1. The Hall–Kier alpha value is -2.08. The van der Waals surface area contributed by atoms with Crippen LogP contribution in [0.1, 0.15) is 61.7 Å². The summed E-state index contributed by atoms with van der Waals surface area (Å²) in [6, 6.07) is 6.74. The molecule has 0 saturated heterocycles. The van der Waals surface area contributed by atoms with Crippen LogP contribution in [0.25, 0.3) is 0 Å². The Kier molecular flexibility index (Phi) is 6.94. The number of likely N-dealkylation sites (N-methyl/N-ethyl adjacent to an activating group) is 1. The number of para-hydroxylation sites is 1. The zero-order valence-electron chi connectivity index (χ0n) is 16.7. The van der Waals surface area contributed by atoms with Crippen molar-refractivity contribution in [3.63, 3.8) is 0 Å². The maximum Gasteiger partial charge on any atom is 0.339 e. The largest absolute Gasteiger partial charge is 0.493 e. The van der Waals surface area contributed by atoms with Crippen molar-refractivity contribution in [1.29, 1.82) is 0 Å². The topological polar surface area (TPSA) is 92.9 Å². The maximum atomic E-state index is 12.6. The first-order chi connectivity index (χ1) is 13.5. The lowest BCUT2D eigenvalue weighted by molar-refractivity contribution is -0.136. The molecule has 2 aliphatic carbocycles. The van der Waals surface area contributed by atoms with Gasteiger partial charge in [-0.15, -0.1) is 0 Å². The first-order valence-electron chi connectivity index (χ1n) is 10.4. The molecule has 0 spiro atoms. The van der Waals surface area contributed by atoms with E-state index in [1.165, 1.54) is 6.42 Å². The van der Waals surface area contributed by atoms with E-state index >= 15 is 0 Å². The van der Waals surface area contributed by atoms with Crippen LogP contribution in [0.5, 0.6) is 5.75 Å². The highest BCUT2D eigenvalue weighted by molar-refractivity contribution is 5.90. The third kappa shape index (κ3) is 4.85. The van der Waals surface area contributed by atoms with Crippen LogP contribution >= 0.6 is 0 Å². The Morgan fingerprint density at radius 3 is 2.46 bits per heavy atom. The minimum Gasteiger partial charge on any atom is -0.493 e. The lowest BCUT2D eigenvalue weighted by Gasteiger charge is -2.38. The molecule has 154 valence electrons. The first kappa shape index (κ1) is 20.6. The average Bonchev–Trinajstić information content (AvgIpc) is 2.66. The molecule has 2 fully saturated rings. The van der Waals surface area contributed by atoms with Crippen LogP contribution in [0.4, 0.5) is 0 Å². The monoisotopic (exact) mass is 388 g/mol. The quantitative estimate of drug-likeness (QED) is 0.713. The highest BCUT2D eigenvalue weighted by Crippen LogP contribution is 2.33. The number of aromatic carboxylic acids is 1. The van der Waals surface area contributed by atoms with Crippen LogP contribution in [0.2, 0.25) is 0 Å². The number of benzene rings is 1. The second-order valence-electron chi connectivity index (χ2n) is 8.28. The van der Waals surface area contributed by atoms with E-state index in [4.69, 9.17) is 10.5 Å². The van der Waals surface area contributed by atoms with Crippen molar-refractivity contribution in [2.75, 3.05) is 13.7 Å². The molecule has 2 aliphatic rings. The second-order valence-corrected chi connectivity index (χ2v) is 8.28. The minimum absolute atomic E-state index is 0.0989. The zero-order valence-corrected chi connectivity index (χ0v) is 16.7. The van der Waals surface area contributed by atoms with Crippen molar-refractivity contribution in [2.24, 2.45) is 17.6 Å². The molecule has 3 N–H and O–H groups in total. The van der Waals surface area contributed by atoms with Crippen molar-refractivity contribution >= 4 is 11.9 Å². The fraction of sp³-hybridized carbons (Fsp3) is 0.636. The molecular formula is C22H32N2O4. The summed E-state index contributed by atoms with van der Waals surface area (Å²) in [5, 5.41) is 9.21. The molecule has 2 saturated carbocycles. The van der Waals surface area contributed by atoms with Crippen LogP contribution in [0.15, 0.2) is 24.3 Å². The minimum atomic E-state index is -0.971. The standard InChI is InChI=1S/C22H32N2O4/c1-24(17-5-4-6-17)21(25)20(23)16-11-9-15(10-12-16)13-14-28-19-8-3-2-7-18(19)22(26)27/h2-3,7-8,15-17,20H,4-6,9-14,23H2,1H3,(H,26,27)/t15?,16?,20-/m0/s1. The molecule has 28 heavy (non-hydrogen) atoms. The van der Waals surface area contributed by atoms with Gasteiger partial charge >= 0.3 is 5.97 Å². The number of carboxylic acids is 1. The van der Waals surface area contributed by atoms with Gasteiger partial charge in [0.2, 0.25) is 5.91 Å². The second kappa shape index (κ2) is 9.41. The smallest absolute Gasteiger partial charge is 0.339 e. The summed E-state index contributed by atoms with van der Waals surface area (Å²) in [7, 11) is 1.89. The number of amides is 1. The fourth-order valence-corrected chi connectivity index (χ4v) is 4.33. The van der Waals surface area contributed by atoms with Crippen LogP contribution in [-0.2, 0) is 4.79 Å². The highest BCUT2D eigenvalue weighted by atomic mass is 16.5. The predicted octanol–water partition coefficient (Wildman–Crippen LogP) is 3.30. The molecule has 0 radical (unpaired) electrons. The third-order valence-electron chi connectivity index (χ3n) is 6.56. The van der Waals surface area contributed by atoms with Gasteiger partial charge < -0.3 is 20.5 Å². The van der Waals surface area contributed by atoms with Crippen LogP contribution < -0.4 is 10.5 Å². The van der Waals surface area contributed by atoms with E-state index in [1.807, 2.05) is 11.9 Å². The van der Waals surface area contributed by atoms with E-state index in [0.29, 0.717) is 24.3 Å². The molecule has 0 aromatic heterocycles. The van der Waals surface area contributed by atoms with Gasteiger partial charge in [-0.2, -0.15) is 0 Å². The summed E-state index contributed by atoms with van der Waals surface area (Å²) in [5.41, 5.74) is 6.50. The van der Waals surface area contributed by atoms with E-state index in [1.54, 1.807) is 24.3 Å². The van der Waals surface area contributed by atoms with Gasteiger partial charge in [0.25, 0.3) is 0 Å². The van der Waals surface area contributed by atoms with Crippen molar-refractivity contribution in [3.8, 4) is 5.75 Å². The highest BCUT2D eigenvalue weighted by Gasteiger charge is 2.34. The number of nitrogens with two attached hydrogens (primary N) is 1. The molecule has 3 rings (SSSR count). The van der Waals surface area contributed by atoms with Crippen molar-refractivity contribution in [3.05, 3.63) is 29.8 Å². The molecule has 0 aliphatic heterocycles. The van der Waals surface area contributed by atoms with Gasteiger partial charge in [-0.05, 0) is 75.3 Å². The van der Waals surface area contributed by atoms with Gasteiger partial charge in [0, 0.05) is 13.1 Å². The molecule has 0 bridgehead atoms. The summed E-state index contributed by atoms with van der Waals surface area (Å²) in [6.45, 7) is 0.509. The van der Waals surface area contributed by atoms with Crippen LogP contribution in [0, 0.1) is 11.8 Å². The van der Waals surface area contributed by atoms with Gasteiger partial charge in [0.15, 0.2) is 0 Å². The van der Waals surface area contributed by atoms with Crippen molar-refractivity contribution < 1.29 is 19.4 Å². The van der Waals surface area contributed by atoms with Gasteiger partial charge in [-0.1, -0.05) is 12.1 Å². The Labute approximate surface area is 167 Å². The van der Waals surface area contributed by atoms with Crippen molar-refractivity contribution in [2.45, 2.75) is 63.5 Å². The van der Waals surface area contributed by atoms with Crippen LogP contribution in [-0.4, -0.2) is 47.6 Å². The lowest BCUT2D eigenvalue weighted by atomic mass is 9.77. The van der Waals surface area contributed by atoms with Gasteiger partial charge in [-0.25, -0.2) is 4.79 Å². The summed E-state index contributed by atoms with van der Waals surface area (Å²) >= 11 is 0. The first-order valence-corrected chi connectivity index (χ1v) is 10.4. The Bertz CT molecular complexity index is 681. The number of hydrogen-bond donors (Lipinski definition) is 2. The summed E-state index contributed by atoms with van der Waals surface area (Å²) in [6.07, 6.45) is 8.35. The van der Waals surface area contributed by atoms with Crippen molar-refractivity contribution in [1.82, 2.24) is 4.90 Å². The van der Waals surface area contributed by atoms with E-state index in [-0.39, 0.29) is 23.4 Å². The summed E-state index contributed by atoms with van der Waals surface area (Å²) in [4.78, 5) is 25.7. The SMILES string of the molecule is CN(C(=O)[C@@H](N)C1CCC(CCOc2ccccc2C(=O)O)CC1)C1CCC1. The molecule has 0 unspecified atom stereocenters. The van der Waals surface area contributed by atoms with E-state index in [0.717, 1.165) is 44.9 Å². The molecule has 1 aromatic rings. The average molecular weight is 389 g/mol. The van der Waals surface area contributed by atoms with Gasteiger partial charge in [0.1, 0.15) is 11.3 Å². The number of carboxylic acid groups (broad SMARTS) is 1. The normalized spacial score (nSPS) is 23.5. The molecular weight excluding hydrogens is 356 g/mol. The fourth-order valence-electron chi connectivity index (χ4n) is 4.33. The maximum absolute atomic E-state index is 12.6.